The highest BCUT2D eigenvalue weighted by Gasteiger charge is 2.35. The van der Waals surface area contributed by atoms with Gasteiger partial charge in [-0.1, -0.05) is 6.07 Å². The van der Waals surface area contributed by atoms with Crippen LogP contribution in [0.15, 0.2) is 24.3 Å². The van der Waals surface area contributed by atoms with Gasteiger partial charge in [0.25, 0.3) is 11.7 Å². The van der Waals surface area contributed by atoms with Crippen LogP contribution in [-0.4, -0.2) is 51.7 Å². The first kappa shape index (κ1) is 21.0. The molecule has 2 unspecified atom stereocenters. The summed E-state index contributed by atoms with van der Waals surface area (Å²) in [5.74, 6) is -1.39. The van der Waals surface area contributed by atoms with Crippen LogP contribution in [-0.2, 0) is 15.7 Å². The molecule has 6 nitrogen and oxygen atoms in total. The average molecular weight is 409 g/mol. The summed E-state index contributed by atoms with van der Waals surface area (Å²) in [5, 5.41) is 4.22. The van der Waals surface area contributed by atoms with Crippen molar-refractivity contribution in [3.63, 3.8) is 0 Å². The highest BCUT2D eigenvalue weighted by atomic mass is 19.4. The fraction of sp³-hybridized carbons (Fsp3) is 0.450. The van der Waals surface area contributed by atoms with Gasteiger partial charge in [-0.2, -0.15) is 18.3 Å². The normalized spacial score (nSPS) is 20.0. The van der Waals surface area contributed by atoms with Gasteiger partial charge in [0.1, 0.15) is 0 Å². The smallest absolute Gasteiger partial charge is 0.375 e. The lowest BCUT2D eigenvalue weighted by Gasteiger charge is -2.36. The van der Waals surface area contributed by atoms with E-state index in [2.05, 4.69) is 5.10 Å². The van der Waals surface area contributed by atoms with Gasteiger partial charge in [-0.3, -0.25) is 9.59 Å². The number of halogens is 3. The summed E-state index contributed by atoms with van der Waals surface area (Å²) in [6.45, 7) is 7.37. The van der Waals surface area contributed by atoms with Gasteiger partial charge in [-0.05, 0) is 45.9 Å². The minimum atomic E-state index is -4.50. The van der Waals surface area contributed by atoms with Crippen molar-refractivity contribution in [1.29, 1.82) is 0 Å². The van der Waals surface area contributed by atoms with Crippen LogP contribution in [0.4, 0.5) is 13.2 Å². The second-order valence-electron chi connectivity index (χ2n) is 7.29. The Kier molecular flexibility index (Phi) is 5.53. The lowest BCUT2D eigenvalue weighted by Crippen LogP contribution is -2.52. The number of ether oxygens (including phenoxy) is 1. The number of benzene rings is 1. The van der Waals surface area contributed by atoms with Gasteiger partial charge in [0, 0.05) is 6.54 Å². The van der Waals surface area contributed by atoms with Crippen molar-refractivity contribution in [3.8, 4) is 5.69 Å². The number of Topliss-reactive ketones (excluding diaryl/α,β-unsaturated/α-hetero) is 1. The first-order valence-corrected chi connectivity index (χ1v) is 9.21. The molecule has 2 heterocycles. The van der Waals surface area contributed by atoms with E-state index in [9.17, 15) is 22.8 Å². The van der Waals surface area contributed by atoms with Crippen molar-refractivity contribution in [2.45, 2.75) is 46.0 Å². The number of hydrogen-bond donors (Lipinski definition) is 0. The third kappa shape index (κ3) is 4.05. The van der Waals surface area contributed by atoms with E-state index < -0.39 is 23.4 Å². The fourth-order valence-electron chi connectivity index (χ4n) is 3.46. The first-order valence-electron chi connectivity index (χ1n) is 9.21. The van der Waals surface area contributed by atoms with Crippen LogP contribution in [0, 0.1) is 13.8 Å². The van der Waals surface area contributed by atoms with Crippen LogP contribution in [0.2, 0.25) is 0 Å². The first-order chi connectivity index (χ1) is 13.5. The molecule has 156 valence electrons. The molecule has 1 amide bonds. The van der Waals surface area contributed by atoms with Gasteiger partial charge >= 0.3 is 6.18 Å². The molecule has 2 atom stereocenters. The Labute approximate surface area is 166 Å². The number of aryl methyl sites for hydroxylation is 1. The molecule has 1 aromatic heterocycles. The number of amides is 1. The Bertz CT molecular complexity index is 952. The second-order valence-corrected chi connectivity index (χ2v) is 7.29. The number of hydrogen-bond acceptors (Lipinski definition) is 4. The lowest BCUT2D eigenvalue weighted by atomic mass is 10.1. The van der Waals surface area contributed by atoms with E-state index in [1.807, 2.05) is 6.92 Å². The molecule has 0 aliphatic carbocycles. The number of alkyl halides is 3. The summed E-state index contributed by atoms with van der Waals surface area (Å²) >= 11 is 0. The number of morpholine rings is 1. The SMILES string of the molecule is Cc1nn(-c2cccc(C(F)(F)F)c2)c(C)c1C(=O)C(=O)N1CC(C)OCC1C. The van der Waals surface area contributed by atoms with Crippen LogP contribution >= 0.6 is 0 Å². The molecule has 1 saturated heterocycles. The van der Waals surface area contributed by atoms with Gasteiger partial charge in [-0.15, -0.1) is 0 Å². The van der Waals surface area contributed by atoms with Crippen molar-refractivity contribution in [2.75, 3.05) is 13.2 Å². The molecule has 29 heavy (non-hydrogen) atoms. The van der Waals surface area contributed by atoms with E-state index in [-0.39, 0.29) is 29.1 Å². The number of rotatable bonds is 3. The number of nitrogens with zero attached hydrogens (tertiary/aromatic N) is 3. The lowest BCUT2D eigenvalue weighted by molar-refractivity contribution is -0.138. The van der Waals surface area contributed by atoms with E-state index in [4.69, 9.17) is 4.74 Å². The van der Waals surface area contributed by atoms with Crippen molar-refractivity contribution in [2.24, 2.45) is 0 Å². The molecule has 0 saturated carbocycles. The Morgan fingerprint density at radius 2 is 1.90 bits per heavy atom. The molecule has 1 fully saturated rings. The minimum Gasteiger partial charge on any atom is -0.375 e. The van der Waals surface area contributed by atoms with Crippen LogP contribution < -0.4 is 0 Å². The number of aromatic nitrogens is 2. The van der Waals surface area contributed by atoms with Crippen molar-refractivity contribution < 1.29 is 27.5 Å². The molecule has 9 heteroatoms. The minimum absolute atomic E-state index is 0.110. The monoisotopic (exact) mass is 409 g/mol. The largest absolute Gasteiger partial charge is 0.416 e. The van der Waals surface area contributed by atoms with Crippen molar-refractivity contribution in [3.05, 3.63) is 46.8 Å². The predicted octanol–water partition coefficient (Wildman–Crippen LogP) is 3.33. The summed E-state index contributed by atoms with van der Waals surface area (Å²) < 4.78 is 45.8. The number of ketones is 1. The van der Waals surface area contributed by atoms with Crippen LogP contribution in [0.1, 0.15) is 41.2 Å². The zero-order valence-electron chi connectivity index (χ0n) is 16.6. The highest BCUT2D eigenvalue weighted by Crippen LogP contribution is 2.31. The standard InChI is InChI=1S/C20H22F3N3O3/c1-11-10-29-12(2)9-25(11)19(28)18(27)17-13(3)24-26(14(17)4)16-7-5-6-15(8-16)20(21,22)23/h5-8,11-12H,9-10H2,1-4H3. The maximum absolute atomic E-state index is 13.0. The van der Waals surface area contributed by atoms with E-state index >= 15 is 0 Å². The third-order valence-corrected chi connectivity index (χ3v) is 5.00. The molecular formula is C20H22F3N3O3. The van der Waals surface area contributed by atoms with E-state index in [0.717, 1.165) is 12.1 Å². The Hall–Kier alpha value is -2.68. The predicted molar refractivity (Wildman–Crippen MR) is 99.0 cm³/mol. The zero-order chi connectivity index (χ0) is 21.5. The van der Waals surface area contributed by atoms with E-state index in [1.54, 1.807) is 20.8 Å². The number of carbonyl (C=O) groups is 2. The van der Waals surface area contributed by atoms with Gasteiger partial charge in [-0.25, -0.2) is 4.68 Å². The molecular weight excluding hydrogens is 387 g/mol. The maximum atomic E-state index is 13.0. The molecule has 1 aliphatic rings. The topological polar surface area (TPSA) is 64.4 Å². The van der Waals surface area contributed by atoms with Gasteiger partial charge in [0.05, 0.1) is 47.0 Å². The maximum Gasteiger partial charge on any atom is 0.416 e. The van der Waals surface area contributed by atoms with Gasteiger partial charge in [0.2, 0.25) is 0 Å². The Morgan fingerprint density at radius 3 is 2.55 bits per heavy atom. The number of carbonyl (C=O) groups excluding carboxylic acids is 2. The molecule has 0 radical (unpaired) electrons. The van der Waals surface area contributed by atoms with E-state index in [1.165, 1.54) is 21.7 Å². The average Bonchev–Trinajstić information content (AvgIpc) is 2.96. The Balaban J connectivity index is 1.96. The van der Waals surface area contributed by atoms with Gasteiger partial charge in [0.15, 0.2) is 0 Å². The zero-order valence-corrected chi connectivity index (χ0v) is 16.6. The van der Waals surface area contributed by atoms with Crippen LogP contribution in [0.5, 0.6) is 0 Å². The second kappa shape index (κ2) is 7.62. The molecule has 0 bridgehead atoms. The third-order valence-electron chi connectivity index (χ3n) is 5.00. The summed E-state index contributed by atoms with van der Waals surface area (Å²) in [6, 6.07) is 4.42. The molecule has 1 aromatic carbocycles. The molecule has 1 aliphatic heterocycles. The summed E-state index contributed by atoms with van der Waals surface area (Å²) in [6.07, 6.45) is -4.68. The van der Waals surface area contributed by atoms with Crippen LogP contribution in [0.25, 0.3) is 5.69 Å². The van der Waals surface area contributed by atoms with Gasteiger partial charge < -0.3 is 9.64 Å². The molecule has 3 rings (SSSR count). The van der Waals surface area contributed by atoms with Crippen molar-refractivity contribution >= 4 is 11.7 Å². The quantitative estimate of drug-likeness (QED) is 0.576. The molecule has 0 spiro atoms. The molecule has 0 N–H and O–H groups in total. The summed E-state index contributed by atoms with van der Waals surface area (Å²) in [5.41, 5.74) is 0.0584. The van der Waals surface area contributed by atoms with Crippen molar-refractivity contribution in [1.82, 2.24) is 14.7 Å². The molecule has 2 aromatic rings. The highest BCUT2D eigenvalue weighted by molar-refractivity contribution is 6.43. The van der Waals surface area contributed by atoms with Crippen LogP contribution in [0.3, 0.4) is 0 Å². The fourth-order valence-corrected chi connectivity index (χ4v) is 3.46. The van der Waals surface area contributed by atoms with E-state index in [0.29, 0.717) is 18.8 Å². The summed E-state index contributed by atoms with van der Waals surface area (Å²) in [4.78, 5) is 27.2. The Morgan fingerprint density at radius 1 is 1.21 bits per heavy atom. The summed E-state index contributed by atoms with van der Waals surface area (Å²) in [7, 11) is 0.